The van der Waals surface area contributed by atoms with Gasteiger partial charge in [-0.05, 0) is 16.4 Å². The molecular weight excluding hydrogens is 328 g/mol. The average Bonchev–Trinajstić information content (AvgIpc) is 3.04. The minimum atomic E-state index is -1.55. The molecule has 2 heterocycles. The molecule has 2 aromatic rings. The fourth-order valence-corrected chi connectivity index (χ4v) is 2.55. The highest BCUT2D eigenvalue weighted by Gasteiger charge is 2.44. The number of aliphatic hydroxyl groups excluding tert-OH is 4. The smallest absolute Gasteiger partial charge is 0.300 e. The molecule has 1 aliphatic rings. The number of nitro groups is 1. The second-order valence-electron chi connectivity index (χ2n) is 5.25. The second-order valence-corrected chi connectivity index (χ2v) is 5.25. The number of non-ortho nitro benzene ring substituents is 1. The van der Waals surface area contributed by atoms with E-state index in [1.807, 2.05) is 0 Å². The standard InChI is InChI=1S/C12H14N4O8/c17-3-6-10(18)11(19)9(12(20)23-6)13-4-1-2-5(16(21)22)8-7(4)14-24-15-8/h1-2,6,9-13,17-20H,3H2/t6?,9?,10-,11+,12-/m1/s1. The van der Waals surface area contributed by atoms with E-state index in [4.69, 9.17) is 9.84 Å². The summed E-state index contributed by atoms with van der Waals surface area (Å²) in [6, 6.07) is 1.28. The Morgan fingerprint density at radius 3 is 2.58 bits per heavy atom. The van der Waals surface area contributed by atoms with Gasteiger partial charge in [-0.2, -0.15) is 0 Å². The predicted molar refractivity (Wildman–Crippen MR) is 75.8 cm³/mol. The molecule has 1 aromatic heterocycles. The van der Waals surface area contributed by atoms with Gasteiger partial charge in [0.25, 0.3) is 0 Å². The Kier molecular flexibility index (Phi) is 4.29. The van der Waals surface area contributed by atoms with Crippen molar-refractivity contribution >= 4 is 22.4 Å². The van der Waals surface area contributed by atoms with Crippen LogP contribution < -0.4 is 5.32 Å². The summed E-state index contributed by atoms with van der Waals surface area (Å²) in [5.41, 5.74) is -0.238. The van der Waals surface area contributed by atoms with Crippen LogP contribution in [0.5, 0.6) is 0 Å². The van der Waals surface area contributed by atoms with Crippen LogP contribution in [-0.2, 0) is 4.74 Å². The predicted octanol–water partition coefficient (Wildman–Crippen LogP) is -1.66. The number of nitrogens with zero attached hydrogens (tertiary/aromatic N) is 3. The van der Waals surface area contributed by atoms with Crippen LogP contribution in [0, 0.1) is 10.1 Å². The van der Waals surface area contributed by atoms with Crippen molar-refractivity contribution in [1.82, 2.24) is 10.3 Å². The third-order valence-corrected chi connectivity index (χ3v) is 3.81. The van der Waals surface area contributed by atoms with Crippen LogP contribution in [0.1, 0.15) is 0 Å². The molecular formula is C12H14N4O8. The maximum absolute atomic E-state index is 10.9. The summed E-state index contributed by atoms with van der Waals surface area (Å²) in [7, 11) is 0. The number of rotatable bonds is 4. The van der Waals surface area contributed by atoms with E-state index in [0.29, 0.717) is 0 Å². The lowest BCUT2D eigenvalue weighted by molar-refractivity contribution is -0.383. The Morgan fingerprint density at radius 1 is 1.21 bits per heavy atom. The molecule has 3 rings (SSSR count). The summed E-state index contributed by atoms with van der Waals surface area (Å²) in [6.45, 7) is -0.586. The zero-order valence-electron chi connectivity index (χ0n) is 12.0. The van der Waals surface area contributed by atoms with Crippen molar-refractivity contribution < 1.29 is 34.7 Å². The molecule has 12 nitrogen and oxygen atoms in total. The number of fused-ring (bicyclic) bond motifs is 1. The molecule has 0 radical (unpaired) electrons. The summed E-state index contributed by atoms with van der Waals surface area (Å²) in [6.07, 6.45) is -5.61. The molecule has 1 saturated heterocycles. The molecule has 0 amide bonds. The van der Waals surface area contributed by atoms with Gasteiger partial charge in [0.05, 0.1) is 17.2 Å². The summed E-state index contributed by atoms with van der Waals surface area (Å²) in [5.74, 6) is 0. The quantitative estimate of drug-likeness (QED) is 0.316. The van der Waals surface area contributed by atoms with Crippen LogP contribution in [-0.4, -0.2) is 72.9 Å². The first-order chi connectivity index (χ1) is 11.4. The van der Waals surface area contributed by atoms with Crippen molar-refractivity contribution in [2.24, 2.45) is 0 Å². The molecule has 0 bridgehead atoms. The van der Waals surface area contributed by atoms with E-state index in [1.54, 1.807) is 0 Å². The number of anilines is 1. The first kappa shape index (κ1) is 16.5. The summed E-state index contributed by atoms with van der Waals surface area (Å²) in [4.78, 5) is 10.3. The number of aromatic nitrogens is 2. The average molecular weight is 342 g/mol. The van der Waals surface area contributed by atoms with Gasteiger partial charge in [-0.3, -0.25) is 10.1 Å². The van der Waals surface area contributed by atoms with Gasteiger partial charge in [0.1, 0.15) is 24.4 Å². The summed E-state index contributed by atoms with van der Waals surface area (Å²) < 4.78 is 9.54. The summed E-state index contributed by atoms with van der Waals surface area (Å²) >= 11 is 0. The van der Waals surface area contributed by atoms with Gasteiger partial charge in [0.2, 0.25) is 5.52 Å². The monoisotopic (exact) mass is 342 g/mol. The Labute approximate surface area is 133 Å². The van der Waals surface area contributed by atoms with E-state index in [9.17, 15) is 25.4 Å². The van der Waals surface area contributed by atoms with Crippen molar-refractivity contribution in [3.63, 3.8) is 0 Å². The van der Waals surface area contributed by atoms with Crippen LogP contribution in [0.2, 0.25) is 0 Å². The van der Waals surface area contributed by atoms with Gasteiger partial charge < -0.3 is 30.5 Å². The van der Waals surface area contributed by atoms with E-state index in [0.717, 1.165) is 6.07 Å². The molecule has 24 heavy (non-hydrogen) atoms. The maximum Gasteiger partial charge on any atom is 0.300 e. The number of nitrogens with one attached hydrogen (secondary N) is 1. The Morgan fingerprint density at radius 2 is 1.92 bits per heavy atom. The van der Waals surface area contributed by atoms with Gasteiger partial charge in [-0.15, -0.1) is 0 Å². The second kappa shape index (κ2) is 6.26. The lowest BCUT2D eigenvalue weighted by atomic mass is 9.96. The number of hydrogen-bond donors (Lipinski definition) is 5. The van der Waals surface area contributed by atoms with Crippen molar-refractivity contribution in [1.29, 1.82) is 0 Å². The minimum absolute atomic E-state index is 0.0161. The van der Waals surface area contributed by atoms with Crippen LogP contribution in [0.4, 0.5) is 11.4 Å². The van der Waals surface area contributed by atoms with Gasteiger partial charge in [-0.1, -0.05) is 0 Å². The van der Waals surface area contributed by atoms with Gasteiger partial charge in [0.15, 0.2) is 11.8 Å². The molecule has 2 unspecified atom stereocenters. The largest absolute Gasteiger partial charge is 0.394 e. The lowest BCUT2D eigenvalue weighted by Crippen LogP contribution is -2.61. The minimum Gasteiger partial charge on any atom is -0.394 e. The topological polar surface area (TPSA) is 184 Å². The van der Waals surface area contributed by atoms with Gasteiger partial charge >= 0.3 is 5.69 Å². The van der Waals surface area contributed by atoms with E-state index < -0.39 is 42.2 Å². The van der Waals surface area contributed by atoms with Crippen molar-refractivity contribution in [3.8, 4) is 0 Å². The molecule has 5 N–H and O–H groups in total. The number of hydrogen-bond acceptors (Lipinski definition) is 11. The first-order valence-corrected chi connectivity index (χ1v) is 6.90. The van der Waals surface area contributed by atoms with Gasteiger partial charge in [-0.25, -0.2) is 4.63 Å². The van der Waals surface area contributed by atoms with Crippen molar-refractivity contribution in [2.45, 2.75) is 30.6 Å². The molecule has 1 aliphatic heterocycles. The maximum atomic E-state index is 10.9. The summed E-state index contributed by atoms with van der Waals surface area (Å²) in [5, 5.41) is 59.7. The molecule has 5 atom stereocenters. The zero-order valence-corrected chi connectivity index (χ0v) is 12.0. The van der Waals surface area contributed by atoms with E-state index >= 15 is 0 Å². The van der Waals surface area contributed by atoms with E-state index in [-0.39, 0.29) is 22.4 Å². The fraction of sp³-hybridized carbons (Fsp3) is 0.500. The number of ether oxygens (including phenoxy) is 1. The van der Waals surface area contributed by atoms with Gasteiger partial charge in [0, 0.05) is 6.07 Å². The van der Waals surface area contributed by atoms with Crippen molar-refractivity contribution in [3.05, 3.63) is 22.2 Å². The first-order valence-electron chi connectivity index (χ1n) is 6.90. The number of nitro benzene ring substituents is 1. The van der Waals surface area contributed by atoms with Crippen LogP contribution >= 0.6 is 0 Å². The fourth-order valence-electron chi connectivity index (χ4n) is 2.55. The van der Waals surface area contributed by atoms with E-state index in [1.165, 1.54) is 6.07 Å². The Balaban J connectivity index is 1.91. The third-order valence-electron chi connectivity index (χ3n) is 3.81. The molecule has 0 spiro atoms. The zero-order chi connectivity index (χ0) is 17.4. The Hall–Kier alpha value is -2.38. The highest BCUT2D eigenvalue weighted by molar-refractivity contribution is 5.93. The third kappa shape index (κ3) is 2.65. The molecule has 0 aliphatic carbocycles. The van der Waals surface area contributed by atoms with Crippen molar-refractivity contribution in [2.75, 3.05) is 11.9 Å². The molecule has 1 aromatic carbocycles. The normalized spacial score (nSPS) is 30.4. The molecule has 1 fully saturated rings. The van der Waals surface area contributed by atoms with Crippen LogP contribution in [0.3, 0.4) is 0 Å². The SMILES string of the molecule is O=[N+]([O-])c1ccc(NC2[C@H](O)OC(CO)[C@@H](O)[C@H]2O)c2nonc12. The van der Waals surface area contributed by atoms with E-state index in [2.05, 4.69) is 20.3 Å². The molecule has 0 saturated carbocycles. The highest BCUT2D eigenvalue weighted by atomic mass is 16.6. The van der Waals surface area contributed by atoms with Crippen LogP contribution in [0.25, 0.3) is 11.0 Å². The van der Waals surface area contributed by atoms with Crippen LogP contribution in [0.15, 0.2) is 16.8 Å². The highest BCUT2D eigenvalue weighted by Crippen LogP contribution is 2.31. The molecule has 130 valence electrons. The Bertz CT molecular complexity index is 752. The number of benzene rings is 1. The number of aliphatic hydroxyl groups is 4. The lowest BCUT2D eigenvalue weighted by Gasteiger charge is -2.40. The molecule has 12 heteroatoms.